The summed E-state index contributed by atoms with van der Waals surface area (Å²) in [5, 5.41) is 0. The number of nitrogens with two attached hydrogens (primary N) is 1. The minimum absolute atomic E-state index is 0.382. The van der Waals surface area contributed by atoms with Crippen LogP contribution in [0, 0.1) is 11.3 Å². The topological polar surface area (TPSA) is 35.2 Å². The van der Waals surface area contributed by atoms with E-state index in [2.05, 4.69) is 13.8 Å². The van der Waals surface area contributed by atoms with Gasteiger partial charge in [-0.15, -0.1) is 0 Å². The minimum atomic E-state index is 0.382. The van der Waals surface area contributed by atoms with Crippen molar-refractivity contribution in [3.63, 3.8) is 0 Å². The van der Waals surface area contributed by atoms with Gasteiger partial charge in [0.1, 0.15) is 0 Å². The molecule has 12 heavy (non-hydrogen) atoms. The summed E-state index contributed by atoms with van der Waals surface area (Å²) in [6.45, 7) is 7.22. The Hall–Kier alpha value is -0.0800. The fourth-order valence-electron chi connectivity index (χ4n) is 2.10. The van der Waals surface area contributed by atoms with E-state index < -0.39 is 0 Å². The fraction of sp³-hybridized carbons (Fsp3) is 1.00. The lowest BCUT2D eigenvalue weighted by Gasteiger charge is -2.40. The highest BCUT2D eigenvalue weighted by Gasteiger charge is 2.34. The van der Waals surface area contributed by atoms with Crippen molar-refractivity contribution in [2.24, 2.45) is 17.1 Å². The highest BCUT2D eigenvalue weighted by Crippen LogP contribution is 2.38. The molecule has 72 valence electrons. The van der Waals surface area contributed by atoms with Gasteiger partial charge in [-0.3, -0.25) is 0 Å². The van der Waals surface area contributed by atoms with Gasteiger partial charge in [0.15, 0.2) is 0 Å². The minimum Gasteiger partial charge on any atom is -0.381 e. The molecular weight excluding hydrogens is 150 g/mol. The van der Waals surface area contributed by atoms with Gasteiger partial charge < -0.3 is 10.5 Å². The number of hydrogen-bond donors (Lipinski definition) is 1. The number of rotatable bonds is 3. The van der Waals surface area contributed by atoms with Gasteiger partial charge in [0, 0.05) is 6.61 Å². The van der Waals surface area contributed by atoms with Gasteiger partial charge in [0.05, 0.1) is 6.61 Å². The van der Waals surface area contributed by atoms with E-state index >= 15 is 0 Å². The van der Waals surface area contributed by atoms with E-state index in [4.69, 9.17) is 10.5 Å². The summed E-state index contributed by atoms with van der Waals surface area (Å²) in [5.74, 6) is 0.696. The quantitative estimate of drug-likeness (QED) is 0.702. The van der Waals surface area contributed by atoms with Crippen LogP contribution in [-0.4, -0.2) is 19.8 Å². The third-order valence-electron chi connectivity index (χ3n) is 3.22. The van der Waals surface area contributed by atoms with Crippen LogP contribution in [0.4, 0.5) is 0 Å². The second kappa shape index (κ2) is 4.24. The second-order valence-corrected chi connectivity index (χ2v) is 4.21. The Labute approximate surface area is 75.5 Å². The van der Waals surface area contributed by atoms with E-state index in [0.29, 0.717) is 11.3 Å². The summed E-state index contributed by atoms with van der Waals surface area (Å²) in [5.41, 5.74) is 6.01. The molecule has 0 spiro atoms. The van der Waals surface area contributed by atoms with Crippen LogP contribution in [0.15, 0.2) is 0 Å². The lowest BCUT2D eigenvalue weighted by atomic mass is 9.71. The van der Waals surface area contributed by atoms with Crippen molar-refractivity contribution < 1.29 is 4.74 Å². The van der Waals surface area contributed by atoms with E-state index in [1.165, 1.54) is 12.8 Å². The van der Waals surface area contributed by atoms with Crippen molar-refractivity contribution in [1.29, 1.82) is 0 Å². The molecule has 0 amide bonds. The van der Waals surface area contributed by atoms with Gasteiger partial charge in [-0.05, 0) is 37.1 Å². The van der Waals surface area contributed by atoms with Crippen LogP contribution < -0.4 is 5.73 Å². The Kier molecular flexibility index (Phi) is 3.53. The Morgan fingerprint density at radius 3 is 2.67 bits per heavy atom. The molecule has 0 aromatic carbocycles. The maximum atomic E-state index is 5.63. The summed E-state index contributed by atoms with van der Waals surface area (Å²) >= 11 is 0. The van der Waals surface area contributed by atoms with Crippen LogP contribution in [0.3, 0.4) is 0 Å². The molecule has 0 saturated carbocycles. The van der Waals surface area contributed by atoms with Crippen molar-refractivity contribution in [2.45, 2.75) is 33.1 Å². The van der Waals surface area contributed by atoms with E-state index in [0.717, 1.165) is 26.2 Å². The normalized spacial score (nSPS) is 31.0. The average Bonchev–Trinajstić information content (AvgIpc) is 2.06. The number of hydrogen-bond acceptors (Lipinski definition) is 2. The molecule has 1 saturated heterocycles. The zero-order chi connectivity index (χ0) is 9.03. The molecule has 1 aliphatic rings. The maximum absolute atomic E-state index is 5.63. The highest BCUT2D eigenvalue weighted by molar-refractivity contribution is 4.84. The zero-order valence-electron chi connectivity index (χ0n) is 8.31. The van der Waals surface area contributed by atoms with Crippen molar-refractivity contribution in [3.8, 4) is 0 Å². The van der Waals surface area contributed by atoms with Crippen LogP contribution in [0.25, 0.3) is 0 Å². The molecule has 1 rings (SSSR count). The Bertz CT molecular complexity index is 122. The molecule has 1 aliphatic heterocycles. The standard InChI is InChI=1S/C10H21NO/c1-9(2)10(5-6-11)4-3-7-12-8-10/h9H,3-8,11H2,1-2H3. The first-order valence-electron chi connectivity index (χ1n) is 4.99. The van der Waals surface area contributed by atoms with E-state index in [1.54, 1.807) is 0 Å². The monoisotopic (exact) mass is 171 g/mol. The van der Waals surface area contributed by atoms with Crippen molar-refractivity contribution in [1.82, 2.24) is 0 Å². The fourth-order valence-corrected chi connectivity index (χ4v) is 2.10. The van der Waals surface area contributed by atoms with Crippen molar-refractivity contribution in [2.75, 3.05) is 19.8 Å². The summed E-state index contributed by atoms with van der Waals surface area (Å²) in [6.07, 6.45) is 3.62. The Morgan fingerprint density at radius 1 is 1.50 bits per heavy atom. The zero-order valence-corrected chi connectivity index (χ0v) is 8.31. The van der Waals surface area contributed by atoms with Crippen LogP contribution in [0.2, 0.25) is 0 Å². The lowest BCUT2D eigenvalue weighted by Crippen LogP contribution is -2.38. The molecule has 1 heterocycles. The van der Waals surface area contributed by atoms with Crippen LogP contribution in [-0.2, 0) is 4.74 Å². The predicted octanol–water partition coefficient (Wildman–Crippen LogP) is 1.79. The maximum Gasteiger partial charge on any atom is 0.0525 e. The highest BCUT2D eigenvalue weighted by atomic mass is 16.5. The number of ether oxygens (including phenoxy) is 1. The average molecular weight is 171 g/mol. The van der Waals surface area contributed by atoms with Gasteiger partial charge in [0.2, 0.25) is 0 Å². The van der Waals surface area contributed by atoms with Gasteiger partial charge in [-0.1, -0.05) is 13.8 Å². The molecule has 0 aliphatic carbocycles. The first-order valence-corrected chi connectivity index (χ1v) is 4.99. The summed E-state index contributed by atoms with van der Waals surface area (Å²) < 4.78 is 5.54. The molecule has 1 atom stereocenters. The molecule has 0 aromatic heterocycles. The van der Waals surface area contributed by atoms with Gasteiger partial charge in [-0.25, -0.2) is 0 Å². The molecule has 0 bridgehead atoms. The molecule has 0 aromatic rings. The third kappa shape index (κ3) is 1.99. The Morgan fingerprint density at radius 2 is 2.25 bits per heavy atom. The first-order chi connectivity index (χ1) is 5.71. The van der Waals surface area contributed by atoms with Gasteiger partial charge in [0.25, 0.3) is 0 Å². The van der Waals surface area contributed by atoms with E-state index in [-0.39, 0.29) is 0 Å². The predicted molar refractivity (Wildman–Crippen MR) is 51.0 cm³/mol. The molecule has 1 unspecified atom stereocenters. The van der Waals surface area contributed by atoms with Crippen LogP contribution in [0.1, 0.15) is 33.1 Å². The summed E-state index contributed by atoms with van der Waals surface area (Å²) in [4.78, 5) is 0. The molecular formula is C10H21NO. The van der Waals surface area contributed by atoms with Gasteiger partial charge in [-0.2, -0.15) is 0 Å². The third-order valence-corrected chi connectivity index (χ3v) is 3.22. The van der Waals surface area contributed by atoms with Gasteiger partial charge >= 0.3 is 0 Å². The SMILES string of the molecule is CC(C)C1(CCN)CCCOC1. The van der Waals surface area contributed by atoms with Crippen molar-refractivity contribution >= 4 is 0 Å². The molecule has 2 heteroatoms. The molecule has 0 radical (unpaired) electrons. The first kappa shape index (κ1) is 10.0. The summed E-state index contributed by atoms with van der Waals surface area (Å²) in [7, 11) is 0. The molecule has 2 nitrogen and oxygen atoms in total. The van der Waals surface area contributed by atoms with E-state index in [1.807, 2.05) is 0 Å². The van der Waals surface area contributed by atoms with E-state index in [9.17, 15) is 0 Å². The second-order valence-electron chi connectivity index (χ2n) is 4.21. The van der Waals surface area contributed by atoms with Crippen molar-refractivity contribution in [3.05, 3.63) is 0 Å². The van der Waals surface area contributed by atoms with Crippen LogP contribution >= 0.6 is 0 Å². The Balaban J connectivity index is 2.56. The smallest absolute Gasteiger partial charge is 0.0525 e. The lowest BCUT2D eigenvalue weighted by molar-refractivity contribution is -0.0378. The molecule has 2 N–H and O–H groups in total. The molecule has 1 fully saturated rings. The van der Waals surface area contributed by atoms with Crippen LogP contribution in [0.5, 0.6) is 0 Å². The summed E-state index contributed by atoms with van der Waals surface area (Å²) in [6, 6.07) is 0. The largest absolute Gasteiger partial charge is 0.381 e.